The highest BCUT2D eigenvalue weighted by atomic mass is 16.5. The van der Waals surface area contributed by atoms with Gasteiger partial charge in [-0.2, -0.15) is 0 Å². The van der Waals surface area contributed by atoms with Crippen molar-refractivity contribution in [2.75, 3.05) is 20.2 Å². The zero-order chi connectivity index (χ0) is 15.2. The smallest absolute Gasteiger partial charge is 0.247 e. The highest BCUT2D eigenvalue weighted by molar-refractivity contribution is 5.96. The monoisotopic (exact) mass is 288 g/mol. The van der Waals surface area contributed by atoms with Crippen LogP contribution in [0.3, 0.4) is 0 Å². The van der Waals surface area contributed by atoms with E-state index in [1.54, 1.807) is 18.1 Å². The van der Waals surface area contributed by atoms with Crippen LogP contribution in [-0.2, 0) is 9.59 Å². The fourth-order valence-corrected chi connectivity index (χ4v) is 2.36. The van der Waals surface area contributed by atoms with Gasteiger partial charge in [0.2, 0.25) is 11.8 Å². The third-order valence-electron chi connectivity index (χ3n) is 3.53. The number of methoxy groups -OCH3 is 1. The van der Waals surface area contributed by atoms with Crippen molar-refractivity contribution in [2.24, 2.45) is 0 Å². The summed E-state index contributed by atoms with van der Waals surface area (Å²) in [6.45, 7) is 2.97. The molecule has 1 N–H and O–H groups in total. The largest absolute Gasteiger partial charge is 0.497 e. The van der Waals surface area contributed by atoms with Gasteiger partial charge in [0.25, 0.3) is 0 Å². The second kappa shape index (κ2) is 6.92. The minimum atomic E-state index is -0.369. The van der Waals surface area contributed by atoms with E-state index < -0.39 is 0 Å². The van der Waals surface area contributed by atoms with E-state index in [0.29, 0.717) is 19.5 Å². The molecule has 1 unspecified atom stereocenters. The maximum absolute atomic E-state index is 12.2. The summed E-state index contributed by atoms with van der Waals surface area (Å²) < 4.78 is 5.09. The summed E-state index contributed by atoms with van der Waals surface area (Å²) >= 11 is 0. The van der Waals surface area contributed by atoms with E-state index in [0.717, 1.165) is 11.3 Å². The average Bonchev–Trinajstić information content (AvgIpc) is 2.52. The number of ether oxygens (including phenoxy) is 1. The van der Waals surface area contributed by atoms with Crippen LogP contribution in [0, 0.1) is 0 Å². The minimum absolute atomic E-state index is 0.0741. The first-order chi connectivity index (χ1) is 10.2. The van der Waals surface area contributed by atoms with Crippen LogP contribution in [0.4, 0.5) is 0 Å². The summed E-state index contributed by atoms with van der Waals surface area (Å²) in [5, 5.41) is 2.78. The lowest BCUT2D eigenvalue weighted by Crippen LogP contribution is -2.56. The first kappa shape index (κ1) is 15.1. The van der Waals surface area contributed by atoms with Crippen molar-refractivity contribution in [1.82, 2.24) is 10.2 Å². The van der Waals surface area contributed by atoms with Gasteiger partial charge in [0.1, 0.15) is 11.8 Å². The van der Waals surface area contributed by atoms with Crippen LogP contribution < -0.4 is 10.1 Å². The van der Waals surface area contributed by atoms with Gasteiger partial charge in [-0.05, 0) is 30.2 Å². The lowest BCUT2D eigenvalue weighted by molar-refractivity contribution is -0.140. The topological polar surface area (TPSA) is 58.6 Å². The third kappa shape index (κ3) is 3.62. The molecule has 1 aliphatic heterocycles. The van der Waals surface area contributed by atoms with E-state index in [-0.39, 0.29) is 17.9 Å². The number of benzene rings is 1. The van der Waals surface area contributed by atoms with Crippen LogP contribution in [0.5, 0.6) is 5.75 Å². The number of hydrogen-bond acceptors (Lipinski definition) is 3. The molecule has 5 nitrogen and oxygen atoms in total. The zero-order valence-corrected chi connectivity index (χ0v) is 12.3. The summed E-state index contributed by atoms with van der Waals surface area (Å²) in [7, 11) is 1.61. The Bertz CT molecular complexity index is 537. The molecule has 0 saturated carbocycles. The Balaban J connectivity index is 2.05. The summed E-state index contributed by atoms with van der Waals surface area (Å²) in [6, 6.07) is 7.07. The highest BCUT2D eigenvalue weighted by Gasteiger charge is 2.30. The van der Waals surface area contributed by atoms with Crippen molar-refractivity contribution in [3.05, 3.63) is 35.9 Å². The average molecular weight is 288 g/mol. The van der Waals surface area contributed by atoms with E-state index in [1.165, 1.54) is 6.08 Å². The molecule has 1 fully saturated rings. The third-order valence-corrected chi connectivity index (χ3v) is 3.53. The van der Waals surface area contributed by atoms with Gasteiger partial charge >= 0.3 is 0 Å². The molecule has 5 heteroatoms. The van der Waals surface area contributed by atoms with Crippen molar-refractivity contribution in [3.63, 3.8) is 0 Å². The van der Waals surface area contributed by atoms with Crippen molar-refractivity contribution >= 4 is 17.9 Å². The molecule has 0 spiro atoms. The fourth-order valence-electron chi connectivity index (χ4n) is 2.36. The molecule has 0 aromatic heterocycles. The second-order valence-electron chi connectivity index (χ2n) is 4.85. The van der Waals surface area contributed by atoms with E-state index >= 15 is 0 Å². The molecule has 1 saturated heterocycles. The molecular weight excluding hydrogens is 268 g/mol. The Morgan fingerprint density at radius 2 is 2.14 bits per heavy atom. The molecule has 2 rings (SSSR count). The lowest BCUT2D eigenvalue weighted by atomic mass is 10.1. The Hall–Kier alpha value is -2.30. The predicted octanol–water partition coefficient (Wildman–Crippen LogP) is 1.45. The van der Waals surface area contributed by atoms with Gasteiger partial charge in [-0.1, -0.05) is 19.1 Å². The maximum atomic E-state index is 12.2. The molecular formula is C16H20N2O3. The van der Waals surface area contributed by atoms with Gasteiger partial charge in [-0.3, -0.25) is 9.59 Å². The number of carbonyl (C=O) groups excluding carboxylic acids is 2. The second-order valence-corrected chi connectivity index (χ2v) is 4.85. The predicted molar refractivity (Wildman–Crippen MR) is 80.8 cm³/mol. The molecule has 0 radical (unpaired) electrons. The van der Waals surface area contributed by atoms with Crippen LogP contribution in [0.1, 0.15) is 18.9 Å². The molecule has 1 aromatic carbocycles. The van der Waals surface area contributed by atoms with Gasteiger partial charge in [-0.15, -0.1) is 0 Å². The first-order valence-electron chi connectivity index (χ1n) is 7.06. The SMILES string of the molecule is CCC1C(=O)NCCN1C(=O)C=Cc1ccc(OC)cc1. The summed E-state index contributed by atoms with van der Waals surface area (Å²) in [6.07, 6.45) is 3.89. The summed E-state index contributed by atoms with van der Waals surface area (Å²) in [4.78, 5) is 25.6. The Morgan fingerprint density at radius 1 is 1.43 bits per heavy atom. The van der Waals surface area contributed by atoms with Crippen LogP contribution in [0.15, 0.2) is 30.3 Å². The lowest BCUT2D eigenvalue weighted by Gasteiger charge is -2.33. The molecule has 112 valence electrons. The number of hydrogen-bond donors (Lipinski definition) is 1. The molecule has 1 aromatic rings. The fraction of sp³-hybridized carbons (Fsp3) is 0.375. The Kier molecular flexibility index (Phi) is 4.98. The van der Waals surface area contributed by atoms with E-state index in [9.17, 15) is 9.59 Å². The molecule has 0 bridgehead atoms. The van der Waals surface area contributed by atoms with E-state index in [4.69, 9.17) is 4.74 Å². The van der Waals surface area contributed by atoms with E-state index in [2.05, 4.69) is 5.32 Å². The normalized spacial score (nSPS) is 18.7. The number of amides is 2. The minimum Gasteiger partial charge on any atom is -0.497 e. The molecule has 1 aliphatic rings. The molecule has 0 aliphatic carbocycles. The highest BCUT2D eigenvalue weighted by Crippen LogP contribution is 2.13. The van der Waals surface area contributed by atoms with Gasteiger partial charge in [0.15, 0.2) is 0 Å². The van der Waals surface area contributed by atoms with Crippen LogP contribution in [-0.4, -0.2) is 43.0 Å². The van der Waals surface area contributed by atoms with Gasteiger partial charge < -0.3 is 15.0 Å². The molecule has 1 heterocycles. The van der Waals surface area contributed by atoms with Gasteiger partial charge in [0.05, 0.1) is 7.11 Å². The first-order valence-corrected chi connectivity index (χ1v) is 7.06. The quantitative estimate of drug-likeness (QED) is 0.853. The van der Waals surface area contributed by atoms with Crippen molar-refractivity contribution in [2.45, 2.75) is 19.4 Å². The number of nitrogens with zero attached hydrogens (tertiary/aromatic N) is 1. The Labute approximate surface area is 124 Å². The number of nitrogens with one attached hydrogen (secondary N) is 1. The summed E-state index contributed by atoms with van der Waals surface area (Å²) in [5.41, 5.74) is 0.915. The molecule has 2 amide bonds. The van der Waals surface area contributed by atoms with Gasteiger partial charge in [0, 0.05) is 19.2 Å². The number of rotatable bonds is 4. The van der Waals surface area contributed by atoms with Crippen molar-refractivity contribution < 1.29 is 14.3 Å². The standard InChI is InChI=1S/C16H20N2O3/c1-3-14-16(20)17-10-11-18(14)15(19)9-6-12-4-7-13(21-2)8-5-12/h4-9,14H,3,10-11H2,1-2H3,(H,17,20). The summed E-state index contributed by atoms with van der Waals surface area (Å²) in [5.74, 6) is 0.569. The van der Waals surface area contributed by atoms with Crippen LogP contribution in [0.2, 0.25) is 0 Å². The van der Waals surface area contributed by atoms with Crippen LogP contribution >= 0.6 is 0 Å². The zero-order valence-electron chi connectivity index (χ0n) is 12.3. The van der Waals surface area contributed by atoms with Crippen LogP contribution in [0.25, 0.3) is 6.08 Å². The Morgan fingerprint density at radius 3 is 2.76 bits per heavy atom. The number of piperazine rings is 1. The number of carbonyl (C=O) groups is 2. The van der Waals surface area contributed by atoms with Gasteiger partial charge in [-0.25, -0.2) is 0 Å². The maximum Gasteiger partial charge on any atom is 0.247 e. The molecule has 1 atom stereocenters. The molecule has 21 heavy (non-hydrogen) atoms. The van der Waals surface area contributed by atoms with E-state index in [1.807, 2.05) is 31.2 Å². The van der Waals surface area contributed by atoms with Crippen molar-refractivity contribution in [3.8, 4) is 5.75 Å². The van der Waals surface area contributed by atoms with Crippen molar-refractivity contribution in [1.29, 1.82) is 0 Å².